The lowest BCUT2D eigenvalue weighted by Crippen LogP contribution is -2.51. The zero-order chi connectivity index (χ0) is 8.81. The predicted octanol–water partition coefficient (Wildman–Crippen LogP) is -1.49. The van der Waals surface area contributed by atoms with Crippen LogP contribution >= 0.6 is 12.4 Å². The van der Waals surface area contributed by atoms with Crippen LogP contribution in [0, 0.1) is 0 Å². The molecule has 0 spiro atoms. The molecule has 6 heteroatoms. The van der Waals surface area contributed by atoms with Gasteiger partial charge in [0.1, 0.15) is 6.04 Å². The van der Waals surface area contributed by atoms with Gasteiger partial charge in [0.25, 0.3) is 0 Å². The number of aliphatic hydroxyl groups is 1. The van der Waals surface area contributed by atoms with Crippen LogP contribution in [-0.2, 0) is 9.53 Å². The van der Waals surface area contributed by atoms with Crippen LogP contribution < -0.4 is 10.6 Å². The number of carbonyl (C=O) groups is 1. The van der Waals surface area contributed by atoms with Gasteiger partial charge >= 0.3 is 0 Å². The summed E-state index contributed by atoms with van der Waals surface area (Å²) < 4.78 is 5.10. The Morgan fingerprint density at radius 1 is 1.69 bits per heavy atom. The number of halogens is 1. The summed E-state index contributed by atoms with van der Waals surface area (Å²) in [4.78, 5) is 11.2. The van der Waals surface area contributed by atoms with E-state index in [0.29, 0.717) is 26.3 Å². The molecule has 0 saturated carbocycles. The molecule has 1 aliphatic heterocycles. The number of hydrogen-bond acceptors (Lipinski definition) is 4. The summed E-state index contributed by atoms with van der Waals surface area (Å²) in [6.45, 7) is 2.05. The van der Waals surface area contributed by atoms with Crippen molar-refractivity contribution in [3.8, 4) is 0 Å². The van der Waals surface area contributed by atoms with Crippen LogP contribution in [0.25, 0.3) is 0 Å². The standard InChI is InChI=1S/C7H14N2O3.ClH/c10-3-1-9-7(11)6-5-12-4-2-8-6;/h6,8,10H,1-5H2,(H,9,11);1H/t6-;/m1./s1. The molecule has 1 aliphatic rings. The van der Waals surface area contributed by atoms with Crippen molar-refractivity contribution in [3.63, 3.8) is 0 Å². The molecule has 0 unspecified atom stereocenters. The van der Waals surface area contributed by atoms with Crippen molar-refractivity contribution in [2.75, 3.05) is 32.9 Å². The number of nitrogens with one attached hydrogen (secondary N) is 2. The van der Waals surface area contributed by atoms with Crippen LogP contribution in [-0.4, -0.2) is 50.0 Å². The second-order valence-electron chi connectivity index (χ2n) is 2.60. The summed E-state index contributed by atoms with van der Waals surface area (Å²) in [6, 6.07) is -0.259. The highest BCUT2D eigenvalue weighted by Crippen LogP contribution is 1.92. The zero-order valence-corrected chi connectivity index (χ0v) is 8.10. The van der Waals surface area contributed by atoms with E-state index in [1.165, 1.54) is 0 Å². The van der Waals surface area contributed by atoms with Gasteiger partial charge < -0.3 is 20.5 Å². The Bertz CT molecular complexity index is 151. The van der Waals surface area contributed by atoms with Crippen molar-refractivity contribution in [2.45, 2.75) is 6.04 Å². The molecule has 0 aromatic heterocycles. The van der Waals surface area contributed by atoms with Crippen molar-refractivity contribution in [1.29, 1.82) is 0 Å². The van der Waals surface area contributed by atoms with Gasteiger partial charge in [0, 0.05) is 13.1 Å². The summed E-state index contributed by atoms with van der Waals surface area (Å²) >= 11 is 0. The molecule has 0 radical (unpaired) electrons. The molecule has 1 saturated heterocycles. The third-order valence-electron chi connectivity index (χ3n) is 1.65. The summed E-state index contributed by atoms with van der Waals surface area (Å²) in [7, 11) is 0. The maximum absolute atomic E-state index is 11.2. The minimum absolute atomic E-state index is 0. The maximum atomic E-state index is 11.2. The van der Waals surface area contributed by atoms with Gasteiger partial charge in [0.2, 0.25) is 5.91 Å². The Morgan fingerprint density at radius 2 is 2.46 bits per heavy atom. The van der Waals surface area contributed by atoms with E-state index in [1.807, 2.05) is 0 Å². The van der Waals surface area contributed by atoms with Gasteiger partial charge in [0.15, 0.2) is 0 Å². The van der Waals surface area contributed by atoms with Crippen LogP contribution in [0.4, 0.5) is 0 Å². The molecule has 1 fully saturated rings. The van der Waals surface area contributed by atoms with Gasteiger partial charge in [-0.2, -0.15) is 0 Å². The highest BCUT2D eigenvalue weighted by Gasteiger charge is 2.19. The first-order valence-electron chi connectivity index (χ1n) is 4.04. The van der Waals surface area contributed by atoms with E-state index < -0.39 is 0 Å². The highest BCUT2D eigenvalue weighted by atomic mass is 35.5. The lowest BCUT2D eigenvalue weighted by atomic mass is 10.2. The van der Waals surface area contributed by atoms with Gasteiger partial charge in [-0.1, -0.05) is 0 Å². The number of ether oxygens (including phenoxy) is 1. The molecular formula is C7H15ClN2O3. The molecule has 0 aliphatic carbocycles. The van der Waals surface area contributed by atoms with Crippen molar-refractivity contribution < 1.29 is 14.6 Å². The van der Waals surface area contributed by atoms with E-state index in [1.54, 1.807) is 0 Å². The molecule has 0 bridgehead atoms. The van der Waals surface area contributed by atoms with Gasteiger partial charge in [-0.15, -0.1) is 12.4 Å². The van der Waals surface area contributed by atoms with Gasteiger partial charge in [-0.25, -0.2) is 0 Å². The largest absolute Gasteiger partial charge is 0.395 e. The van der Waals surface area contributed by atoms with Gasteiger partial charge in [-0.05, 0) is 0 Å². The lowest BCUT2D eigenvalue weighted by molar-refractivity contribution is -0.126. The number of amides is 1. The molecule has 5 nitrogen and oxygen atoms in total. The fraction of sp³-hybridized carbons (Fsp3) is 0.857. The molecule has 0 aromatic carbocycles. The SMILES string of the molecule is Cl.O=C(NCCO)[C@H]1COCCN1. The minimum Gasteiger partial charge on any atom is -0.395 e. The highest BCUT2D eigenvalue weighted by molar-refractivity contribution is 5.85. The quantitative estimate of drug-likeness (QED) is 0.531. The lowest BCUT2D eigenvalue weighted by Gasteiger charge is -2.22. The molecule has 0 aromatic rings. The van der Waals surface area contributed by atoms with Crippen LogP contribution in [0.5, 0.6) is 0 Å². The molecule has 3 N–H and O–H groups in total. The van der Waals surface area contributed by atoms with Crippen molar-refractivity contribution in [3.05, 3.63) is 0 Å². The average Bonchev–Trinajstić information content (AvgIpc) is 2.15. The fourth-order valence-electron chi connectivity index (χ4n) is 1.04. The van der Waals surface area contributed by atoms with Crippen LogP contribution in [0.3, 0.4) is 0 Å². The molecule has 1 amide bonds. The molecule has 13 heavy (non-hydrogen) atoms. The van der Waals surface area contributed by atoms with E-state index in [2.05, 4.69) is 10.6 Å². The van der Waals surface area contributed by atoms with Gasteiger partial charge in [0.05, 0.1) is 19.8 Å². The van der Waals surface area contributed by atoms with E-state index >= 15 is 0 Å². The first kappa shape index (κ1) is 12.6. The fourth-order valence-corrected chi connectivity index (χ4v) is 1.04. The maximum Gasteiger partial charge on any atom is 0.239 e. The molecule has 1 heterocycles. The Kier molecular flexibility index (Phi) is 6.89. The molecular weight excluding hydrogens is 196 g/mol. The summed E-state index contributed by atoms with van der Waals surface area (Å²) in [5.41, 5.74) is 0. The summed E-state index contributed by atoms with van der Waals surface area (Å²) in [5, 5.41) is 14.0. The number of carbonyl (C=O) groups excluding carboxylic acids is 1. The van der Waals surface area contributed by atoms with Crippen LogP contribution in [0.2, 0.25) is 0 Å². The Balaban J connectivity index is 0.00000144. The van der Waals surface area contributed by atoms with Crippen LogP contribution in [0.15, 0.2) is 0 Å². The molecule has 1 rings (SSSR count). The zero-order valence-electron chi connectivity index (χ0n) is 7.28. The monoisotopic (exact) mass is 210 g/mol. The van der Waals surface area contributed by atoms with E-state index in [4.69, 9.17) is 9.84 Å². The van der Waals surface area contributed by atoms with E-state index in [-0.39, 0.29) is 31.0 Å². The number of aliphatic hydroxyl groups excluding tert-OH is 1. The second-order valence-corrected chi connectivity index (χ2v) is 2.60. The number of rotatable bonds is 3. The Morgan fingerprint density at radius 3 is 3.00 bits per heavy atom. The van der Waals surface area contributed by atoms with E-state index in [9.17, 15) is 4.79 Å². The first-order valence-corrected chi connectivity index (χ1v) is 4.04. The van der Waals surface area contributed by atoms with Crippen LogP contribution in [0.1, 0.15) is 0 Å². The number of hydrogen-bond donors (Lipinski definition) is 3. The predicted molar refractivity (Wildman–Crippen MR) is 50.0 cm³/mol. The third-order valence-corrected chi connectivity index (χ3v) is 1.65. The first-order chi connectivity index (χ1) is 5.84. The average molecular weight is 211 g/mol. The van der Waals surface area contributed by atoms with Crippen molar-refractivity contribution in [1.82, 2.24) is 10.6 Å². The molecule has 1 atom stereocenters. The minimum atomic E-state index is -0.259. The smallest absolute Gasteiger partial charge is 0.239 e. The van der Waals surface area contributed by atoms with Crippen molar-refractivity contribution in [2.24, 2.45) is 0 Å². The van der Waals surface area contributed by atoms with E-state index in [0.717, 1.165) is 0 Å². The normalized spacial score (nSPS) is 21.8. The third kappa shape index (κ3) is 4.42. The summed E-state index contributed by atoms with van der Waals surface area (Å²) in [5.74, 6) is -0.108. The number of morpholine rings is 1. The Labute approximate surface area is 83.2 Å². The Hall–Kier alpha value is -0.360. The summed E-state index contributed by atoms with van der Waals surface area (Å²) in [6.07, 6.45) is 0. The van der Waals surface area contributed by atoms with Crippen molar-refractivity contribution >= 4 is 18.3 Å². The topological polar surface area (TPSA) is 70.6 Å². The molecule has 78 valence electrons. The van der Waals surface area contributed by atoms with Gasteiger partial charge in [-0.3, -0.25) is 4.79 Å². The second kappa shape index (κ2) is 7.08.